The van der Waals surface area contributed by atoms with Crippen LogP contribution < -0.4 is 5.69 Å². The minimum atomic E-state index is -0.0818. The van der Waals surface area contributed by atoms with Crippen molar-refractivity contribution in [3.63, 3.8) is 0 Å². The van der Waals surface area contributed by atoms with Gasteiger partial charge < -0.3 is 4.98 Å². The molecule has 0 fully saturated rings. The standard InChI is InChI=1S/C15H16N2O/c1-15(2,3)11-7-4-8-12-13-10(11)6-5-9-17(13)14(18)16-12/h4-9H,1-3H3,(H,16,18). The molecule has 1 aliphatic carbocycles. The molecule has 0 saturated heterocycles. The molecule has 0 saturated carbocycles. The Bertz CT molecular complexity index is 736. The third kappa shape index (κ3) is 1.47. The maximum Gasteiger partial charge on any atom is 0.330 e. The largest absolute Gasteiger partial charge is 0.330 e. The van der Waals surface area contributed by atoms with Gasteiger partial charge in [0.1, 0.15) is 0 Å². The molecule has 0 spiro atoms. The Kier molecular flexibility index (Phi) is 2.14. The van der Waals surface area contributed by atoms with Gasteiger partial charge in [-0.3, -0.25) is 4.40 Å². The number of pyridine rings is 1. The maximum absolute atomic E-state index is 11.9. The third-order valence-corrected chi connectivity index (χ3v) is 3.33. The van der Waals surface area contributed by atoms with Crippen molar-refractivity contribution in [3.05, 3.63) is 52.2 Å². The molecule has 92 valence electrons. The summed E-state index contributed by atoms with van der Waals surface area (Å²) in [5.41, 5.74) is 4.18. The van der Waals surface area contributed by atoms with Crippen molar-refractivity contribution in [2.24, 2.45) is 5.41 Å². The Morgan fingerprint density at radius 2 is 2.06 bits per heavy atom. The number of aromatic nitrogens is 2. The minimum absolute atomic E-state index is 0.0428. The quantitative estimate of drug-likeness (QED) is 0.755. The van der Waals surface area contributed by atoms with E-state index in [-0.39, 0.29) is 11.1 Å². The average molecular weight is 240 g/mol. The highest BCUT2D eigenvalue weighted by Crippen LogP contribution is 2.37. The lowest BCUT2D eigenvalue weighted by Gasteiger charge is -2.23. The topological polar surface area (TPSA) is 37.3 Å². The Morgan fingerprint density at radius 1 is 1.28 bits per heavy atom. The van der Waals surface area contributed by atoms with Crippen LogP contribution in [0, 0.1) is 5.41 Å². The van der Waals surface area contributed by atoms with Gasteiger partial charge in [-0.05, 0) is 23.1 Å². The number of hydrogen-bond acceptors (Lipinski definition) is 1. The summed E-state index contributed by atoms with van der Waals surface area (Å²) in [7, 11) is 0. The molecule has 1 N–H and O–H groups in total. The minimum Gasteiger partial charge on any atom is -0.305 e. The second-order valence-electron chi connectivity index (χ2n) is 5.67. The van der Waals surface area contributed by atoms with Crippen molar-refractivity contribution in [2.45, 2.75) is 20.8 Å². The molecule has 3 heteroatoms. The molecule has 0 unspecified atom stereocenters. The lowest BCUT2D eigenvalue weighted by Crippen LogP contribution is -2.12. The van der Waals surface area contributed by atoms with Crippen LogP contribution in [-0.4, -0.2) is 9.38 Å². The van der Waals surface area contributed by atoms with E-state index in [1.807, 2.05) is 18.2 Å². The number of allylic oxidation sites excluding steroid dienone is 3. The fraction of sp³-hybridized carbons (Fsp3) is 0.267. The molecule has 2 aromatic heterocycles. The monoisotopic (exact) mass is 240 g/mol. The predicted octanol–water partition coefficient (Wildman–Crippen LogP) is 3.08. The second kappa shape index (κ2) is 3.48. The molecule has 0 radical (unpaired) electrons. The summed E-state index contributed by atoms with van der Waals surface area (Å²) in [6.07, 6.45) is 7.90. The number of nitrogens with one attached hydrogen (secondary N) is 1. The van der Waals surface area contributed by atoms with Gasteiger partial charge in [0.2, 0.25) is 0 Å². The van der Waals surface area contributed by atoms with Crippen molar-refractivity contribution in [1.29, 1.82) is 0 Å². The van der Waals surface area contributed by atoms with E-state index in [2.05, 4.69) is 37.9 Å². The van der Waals surface area contributed by atoms with Crippen molar-refractivity contribution < 1.29 is 0 Å². The van der Waals surface area contributed by atoms with Crippen LogP contribution in [0.1, 0.15) is 32.0 Å². The lowest BCUT2D eigenvalue weighted by atomic mass is 9.82. The summed E-state index contributed by atoms with van der Waals surface area (Å²) < 4.78 is 1.68. The van der Waals surface area contributed by atoms with Gasteiger partial charge in [0.05, 0.1) is 11.2 Å². The fourth-order valence-electron chi connectivity index (χ4n) is 2.51. The molecular formula is C15H16N2O. The molecular weight excluding hydrogens is 224 g/mol. The Hall–Kier alpha value is -2.03. The lowest BCUT2D eigenvalue weighted by molar-refractivity contribution is 0.567. The molecule has 0 amide bonds. The molecule has 0 bridgehead atoms. The van der Waals surface area contributed by atoms with Crippen molar-refractivity contribution in [1.82, 2.24) is 9.38 Å². The average Bonchev–Trinajstić information content (AvgIpc) is 2.50. The molecule has 0 atom stereocenters. The number of rotatable bonds is 0. The first kappa shape index (κ1) is 11.1. The highest BCUT2D eigenvalue weighted by Gasteiger charge is 2.23. The highest BCUT2D eigenvalue weighted by atomic mass is 16.1. The number of hydrogen-bond donors (Lipinski definition) is 1. The maximum atomic E-state index is 11.9. The Balaban J connectivity index is 2.46. The molecule has 3 nitrogen and oxygen atoms in total. The van der Waals surface area contributed by atoms with E-state index in [9.17, 15) is 4.79 Å². The van der Waals surface area contributed by atoms with Crippen LogP contribution in [0.15, 0.2) is 35.3 Å². The molecule has 2 aromatic rings. The SMILES string of the molecule is CC(C)(C)C1=CC=Cc2[nH]c(=O)n3cccc1c23. The first-order valence-corrected chi connectivity index (χ1v) is 6.11. The van der Waals surface area contributed by atoms with E-state index in [4.69, 9.17) is 0 Å². The van der Waals surface area contributed by atoms with Gasteiger partial charge in [-0.2, -0.15) is 0 Å². The summed E-state index contributed by atoms with van der Waals surface area (Å²) in [5.74, 6) is 0. The molecule has 18 heavy (non-hydrogen) atoms. The van der Waals surface area contributed by atoms with Gasteiger partial charge in [0, 0.05) is 11.8 Å². The van der Waals surface area contributed by atoms with E-state index in [1.54, 1.807) is 10.6 Å². The smallest absolute Gasteiger partial charge is 0.305 e. The van der Waals surface area contributed by atoms with Gasteiger partial charge >= 0.3 is 5.69 Å². The van der Waals surface area contributed by atoms with Gasteiger partial charge in [0.25, 0.3) is 0 Å². The molecule has 2 heterocycles. The normalized spacial score (nSPS) is 14.7. The van der Waals surface area contributed by atoms with Crippen LogP contribution in [0.5, 0.6) is 0 Å². The van der Waals surface area contributed by atoms with Gasteiger partial charge in [-0.25, -0.2) is 4.79 Å². The number of nitrogens with zero attached hydrogens (tertiary/aromatic N) is 1. The van der Waals surface area contributed by atoms with Crippen LogP contribution in [0.2, 0.25) is 0 Å². The van der Waals surface area contributed by atoms with E-state index >= 15 is 0 Å². The van der Waals surface area contributed by atoms with Crippen LogP contribution in [0.4, 0.5) is 0 Å². The molecule has 0 aliphatic heterocycles. The van der Waals surface area contributed by atoms with Crippen LogP contribution in [-0.2, 0) is 0 Å². The summed E-state index contributed by atoms with van der Waals surface area (Å²) in [6.45, 7) is 6.56. The van der Waals surface area contributed by atoms with Gasteiger partial charge in [-0.1, -0.05) is 39.0 Å². The number of H-pyrrole nitrogens is 1. The van der Waals surface area contributed by atoms with Crippen molar-refractivity contribution in [2.75, 3.05) is 0 Å². The Labute approximate surface area is 105 Å². The van der Waals surface area contributed by atoms with Gasteiger partial charge in [-0.15, -0.1) is 0 Å². The zero-order valence-corrected chi connectivity index (χ0v) is 10.8. The highest BCUT2D eigenvalue weighted by molar-refractivity contribution is 5.88. The number of aromatic amines is 1. The summed E-state index contributed by atoms with van der Waals surface area (Å²) in [4.78, 5) is 14.8. The molecule has 3 rings (SSSR count). The summed E-state index contributed by atoms with van der Waals surface area (Å²) >= 11 is 0. The fourth-order valence-corrected chi connectivity index (χ4v) is 2.51. The predicted molar refractivity (Wildman–Crippen MR) is 74.5 cm³/mol. The third-order valence-electron chi connectivity index (χ3n) is 3.33. The van der Waals surface area contributed by atoms with E-state index in [1.165, 1.54) is 5.57 Å². The first-order chi connectivity index (χ1) is 8.48. The molecule has 1 aliphatic rings. The summed E-state index contributed by atoms with van der Waals surface area (Å²) in [6, 6.07) is 4.00. The van der Waals surface area contributed by atoms with E-state index in [0.717, 1.165) is 16.8 Å². The Morgan fingerprint density at radius 3 is 2.78 bits per heavy atom. The van der Waals surface area contributed by atoms with E-state index < -0.39 is 0 Å². The first-order valence-electron chi connectivity index (χ1n) is 6.11. The van der Waals surface area contributed by atoms with Crippen molar-refractivity contribution >= 4 is 17.2 Å². The van der Waals surface area contributed by atoms with Crippen molar-refractivity contribution in [3.8, 4) is 0 Å². The van der Waals surface area contributed by atoms with Gasteiger partial charge in [0.15, 0.2) is 0 Å². The second-order valence-corrected chi connectivity index (χ2v) is 5.67. The summed E-state index contributed by atoms with van der Waals surface area (Å²) in [5, 5.41) is 0. The van der Waals surface area contributed by atoms with Crippen LogP contribution >= 0.6 is 0 Å². The number of imidazole rings is 1. The van der Waals surface area contributed by atoms with Crippen LogP contribution in [0.3, 0.4) is 0 Å². The zero-order chi connectivity index (χ0) is 12.9. The zero-order valence-electron chi connectivity index (χ0n) is 10.8. The molecule has 0 aromatic carbocycles. The van der Waals surface area contributed by atoms with E-state index in [0.29, 0.717) is 0 Å². The van der Waals surface area contributed by atoms with Crippen LogP contribution in [0.25, 0.3) is 17.2 Å².